The summed E-state index contributed by atoms with van der Waals surface area (Å²) in [6, 6.07) is 5.66. The number of aliphatic hydroxyl groups is 1. The van der Waals surface area contributed by atoms with E-state index >= 15 is 0 Å². The van der Waals surface area contributed by atoms with Gasteiger partial charge >= 0.3 is 0 Å². The quantitative estimate of drug-likeness (QED) is 0.668. The summed E-state index contributed by atoms with van der Waals surface area (Å²) in [7, 11) is 0. The maximum atomic E-state index is 9.60. The summed E-state index contributed by atoms with van der Waals surface area (Å²) >= 11 is 0. The summed E-state index contributed by atoms with van der Waals surface area (Å²) in [4.78, 5) is 13.4. The third-order valence-corrected chi connectivity index (χ3v) is 4.53. The summed E-state index contributed by atoms with van der Waals surface area (Å²) in [5.41, 5.74) is 1.70. The highest BCUT2D eigenvalue weighted by Gasteiger charge is 2.17. The number of aromatic nitrogens is 3. The van der Waals surface area contributed by atoms with Crippen LogP contribution in [0.2, 0.25) is 0 Å². The summed E-state index contributed by atoms with van der Waals surface area (Å²) in [6.45, 7) is 5.68. The second kappa shape index (κ2) is 8.91. The number of nitrogens with one attached hydrogen (secondary N) is 2. The lowest BCUT2D eigenvalue weighted by Crippen LogP contribution is -2.30. The number of nitrogens with zero attached hydrogens (tertiary/aromatic N) is 3. The molecule has 7 nitrogen and oxygen atoms in total. The number of pyridine rings is 1. The topological polar surface area (TPSA) is 92.2 Å². The molecule has 140 valence electrons. The molecular weight excluding hydrogens is 330 g/mol. The van der Waals surface area contributed by atoms with E-state index in [4.69, 9.17) is 4.74 Å². The van der Waals surface area contributed by atoms with Gasteiger partial charge in [-0.1, -0.05) is 13.8 Å². The van der Waals surface area contributed by atoms with Gasteiger partial charge in [-0.05, 0) is 30.9 Å². The lowest BCUT2D eigenvalue weighted by Gasteiger charge is -2.21. The van der Waals surface area contributed by atoms with Crippen LogP contribution in [0.1, 0.15) is 26.7 Å². The van der Waals surface area contributed by atoms with Gasteiger partial charge in [0.25, 0.3) is 0 Å². The standard InChI is InChI=1S/C19H27N5O2/c1-13(2)17(12-25)23-19-22-16(14-5-3-7-20-10-14)9-18(24-19)21-11-15-6-4-8-26-15/h3,5,7,9-10,13,15,17,25H,4,6,8,11-12H2,1-2H3,(H2,21,22,23,24)/t15-,17+/m1/s1. The fraction of sp³-hybridized carbons (Fsp3) is 0.526. The van der Waals surface area contributed by atoms with E-state index < -0.39 is 0 Å². The third-order valence-electron chi connectivity index (χ3n) is 4.53. The third kappa shape index (κ3) is 4.89. The zero-order chi connectivity index (χ0) is 18.4. The normalized spacial score (nSPS) is 18.1. The van der Waals surface area contributed by atoms with Crippen molar-refractivity contribution >= 4 is 11.8 Å². The van der Waals surface area contributed by atoms with Gasteiger partial charge in [0.15, 0.2) is 0 Å². The Bertz CT molecular complexity index is 690. The summed E-state index contributed by atoms with van der Waals surface area (Å²) in [5.74, 6) is 1.49. The first-order chi connectivity index (χ1) is 12.7. The van der Waals surface area contributed by atoms with Gasteiger partial charge in [-0.3, -0.25) is 4.98 Å². The first-order valence-corrected chi connectivity index (χ1v) is 9.18. The molecule has 3 rings (SSSR count). The van der Waals surface area contributed by atoms with Crippen LogP contribution in [0.5, 0.6) is 0 Å². The maximum absolute atomic E-state index is 9.60. The number of hydrogen-bond donors (Lipinski definition) is 3. The largest absolute Gasteiger partial charge is 0.394 e. The van der Waals surface area contributed by atoms with Crippen LogP contribution in [0.4, 0.5) is 11.8 Å². The second-order valence-corrected chi connectivity index (χ2v) is 6.90. The van der Waals surface area contributed by atoms with Gasteiger partial charge in [0.05, 0.1) is 24.4 Å². The van der Waals surface area contributed by atoms with Crippen molar-refractivity contribution < 1.29 is 9.84 Å². The molecule has 0 aliphatic carbocycles. The Morgan fingerprint density at radius 1 is 1.35 bits per heavy atom. The van der Waals surface area contributed by atoms with E-state index in [9.17, 15) is 5.11 Å². The van der Waals surface area contributed by atoms with E-state index in [2.05, 4.69) is 39.4 Å². The van der Waals surface area contributed by atoms with E-state index in [0.717, 1.165) is 43.1 Å². The Hall–Kier alpha value is -2.25. The van der Waals surface area contributed by atoms with Crippen LogP contribution in [-0.2, 0) is 4.74 Å². The molecular formula is C19H27N5O2. The molecule has 1 aliphatic rings. The molecule has 3 heterocycles. The Morgan fingerprint density at radius 2 is 2.23 bits per heavy atom. The SMILES string of the molecule is CC(C)[C@H](CO)Nc1nc(NC[C@H]2CCCO2)cc(-c2cccnc2)n1. The molecule has 2 aromatic heterocycles. The highest BCUT2D eigenvalue weighted by molar-refractivity contribution is 5.63. The molecule has 26 heavy (non-hydrogen) atoms. The minimum Gasteiger partial charge on any atom is -0.394 e. The molecule has 2 atom stereocenters. The molecule has 1 fully saturated rings. The Labute approximate surface area is 154 Å². The van der Waals surface area contributed by atoms with Crippen LogP contribution in [0, 0.1) is 5.92 Å². The number of rotatable bonds is 8. The Morgan fingerprint density at radius 3 is 2.88 bits per heavy atom. The van der Waals surface area contributed by atoms with E-state index in [0.29, 0.717) is 5.95 Å². The van der Waals surface area contributed by atoms with Crippen molar-refractivity contribution in [2.75, 3.05) is 30.4 Å². The molecule has 3 N–H and O–H groups in total. The first-order valence-electron chi connectivity index (χ1n) is 9.18. The van der Waals surface area contributed by atoms with Crippen LogP contribution in [0.3, 0.4) is 0 Å². The average Bonchev–Trinajstić information content (AvgIpc) is 3.18. The molecule has 0 spiro atoms. The van der Waals surface area contributed by atoms with Crippen molar-refractivity contribution in [3.63, 3.8) is 0 Å². The molecule has 0 radical (unpaired) electrons. The van der Waals surface area contributed by atoms with Crippen LogP contribution < -0.4 is 10.6 Å². The Balaban J connectivity index is 1.83. The number of anilines is 2. The lowest BCUT2D eigenvalue weighted by atomic mass is 10.1. The van der Waals surface area contributed by atoms with E-state index in [1.807, 2.05) is 18.2 Å². The van der Waals surface area contributed by atoms with Crippen molar-refractivity contribution in [1.82, 2.24) is 15.0 Å². The molecule has 0 amide bonds. The molecule has 0 saturated carbocycles. The van der Waals surface area contributed by atoms with Crippen molar-refractivity contribution in [3.05, 3.63) is 30.6 Å². The van der Waals surface area contributed by atoms with Crippen molar-refractivity contribution in [2.45, 2.75) is 38.8 Å². The summed E-state index contributed by atoms with van der Waals surface area (Å²) < 4.78 is 5.67. The number of ether oxygens (including phenoxy) is 1. The van der Waals surface area contributed by atoms with E-state index in [1.165, 1.54) is 0 Å². The Kier molecular flexibility index (Phi) is 6.35. The predicted molar refractivity (Wildman–Crippen MR) is 102 cm³/mol. The van der Waals surface area contributed by atoms with Crippen molar-refractivity contribution in [2.24, 2.45) is 5.92 Å². The second-order valence-electron chi connectivity index (χ2n) is 6.90. The summed E-state index contributed by atoms with van der Waals surface area (Å²) in [5, 5.41) is 16.2. The van der Waals surface area contributed by atoms with Crippen molar-refractivity contribution in [1.29, 1.82) is 0 Å². The molecule has 1 saturated heterocycles. The van der Waals surface area contributed by atoms with Gasteiger partial charge in [0.2, 0.25) is 5.95 Å². The molecule has 0 bridgehead atoms. The smallest absolute Gasteiger partial charge is 0.225 e. The van der Waals surface area contributed by atoms with Crippen LogP contribution in [-0.4, -0.2) is 52.0 Å². The van der Waals surface area contributed by atoms with Crippen molar-refractivity contribution in [3.8, 4) is 11.3 Å². The molecule has 0 aromatic carbocycles. The zero-order valence-electron chi connectivity index (χ0n) is 15.4. The molecule has 1 aliphatic heterocycles. The van der Waals surface area contributed by atoms with Gasteiger partial charge in [-0.15, -0.1) is 0 Å². The van der Waals surface area contributed by atoms with Gasteiger partial charge in [-0.25, -0.2) is 4.98 Å². The number of aliphatic hydroxyl groups excluding tert-OH is 1. The lowest BCUT2D eigenvalue weighted by molar-refractivity contribution is 0.120. The van der Waals surface area contributed by atoms with Gasteiger partial charge in [0.1, 0.15) is 5.82 Å². The van der Waals surface area contributed by atoms with Crippen LogP contribution in [0.25, 0.3) is 11.3 Å². The fourth-order valence-electron chi connectivity index (χ4n) is 2.88. The average molecular weight is 357 g/mol. The highest BCUT2D eigenvalue weighted by atomic mass is 16.5. The first kappa shape index (κ1) is 18.5. The monoisotopic (exact) mass is 357 g/mol. The highest BCUT2D eigenvalue weighted by Crippen LogP contribution is 2.22. The van der Waals surface area contributed by atoms with Gasteiger partial charge in [-0.2, -0.15) is 4.98 Å². The minimum absolute atomic E-state index is 0.0246. The van der Waals surface area contributed by atoms with Gasteiger partial charge < -0.3 is 20.5 Å². The molecule has 0 unspecified atom stereocenters. The van der Waals surface area contributed by atoms with Crippen LogP contribution in [0.15, 0.2) is 30.6 Å². The zero-order valence-corrected chi connectivity index (χ0v) is 15.4. The van der Waals surface area contributed by atoms with E-state index in [1.54, 1.807) is 12.4 Å². The van der Waals surface area contributed by atoms with E-state index in [-0.39, 0.29) is 24.7 Å². The predicted octanol–water partition coefficient (Wildman–Crippen LogP) is 2.56. The molecule has 7 heteroatoms. The maximum Gasteiger partial charge on any atom is 0.225 e. The molecule has 2 aromatic rings. The van der Waals surface area contributed by atoms with Gasteiger partial charge in [0, 0.05) is 37.2 Å². The fourth-order valence-corrected chi connectivity index (χ4v) is 2.88. The minimum atomic E-state index is -0.106. The number of hydrogen-bond acceptors (Lipinski definition) is 7. The van der Waals surface area contributed by atoms with Crippen LogP contribution >= 0.6 is 0 Å². The summed E-state index contributed by atoms with van der Waals surface area (Å²) in [6.07, 6.45) is 5.92.